The van der Waals surface area contributed by atoms with E-state index >= 15 is 0 Å². The number of rotatable bonds is 5. The summed E-state index contributed by atoms with van der Waals surface area (Å²) in [6.45, 7) is 0. The Kier molecular flexibility index (Phi) is 6.40. The molecule has 0 aliphatic carbocycles. The topological polar surface area (TPSA) is 3.24 Å². The standard InChI is InChI=1S/C44H29NS/c1-2-11-30(12-3-1)31-21-23-32(24-22-31)33-25-27-35(28-26-33)45(41-19-10-18-40-39-17-8-9-20-43(39)46-44(40)41)42-29-34-13-4-5-14-36(34)37-15-6-7-16-38(37)42/h1-29H. The third kappa shape index (κ3) is 4.46. The molecule has 9 aromatic rings. The summed E-state index contributed by atoms with van der Waals surface area (Å²) < 4.78 is 2.60. The highest BCUT2D eigenvalue weighted by molar-refractivity contribution is 7.26. The summed E-state index contributed by atoms with van der Waals surface area (Å²) >= 11 is 1.87. The predicted molar refractivity (Wildman–Crippen MR) is 200 cm³/mol. The first-order valence-electron chi connectivity index (χ1n) is 15.7. The molecule has 0 atom stereocenters. The molecule has 216 valence electrons. The van der Waals surface area contributed by atoms with Crippen LogP contribution in [0.5, 0.6) is 0 Å². The average Bonchev–Trinajstić information content (AvgIpc) is 3.52. The molecule has 0 radical (unpaired) electrons. The molecule has 0 N–H and O–H groups in total. The van der Waals surface area contributed by atoms with Crippen molar-refractivity contribution in [1.82, 2.24) is 0 Å². The number of hydrogen-bond acceptors (Lipinski definition) is 2. The van der Waals surface area contributed by atoms with Crippen LogP contribution in [-0.4, -0.2) is 0 Å². The molecule has 0 saturated heterocycles. The number of hydrogen-bond donors (Lipinski definition) is 0. The molecular weight excluding hydrogens is 575 g/mol. The Morgan fingerprint density at radius 1 is 0.348 bits per heavy atom. The number of benzene rings is 8. The van der Waals surface area contributed by atoms with Crippen LogP contribution in [-0.2, 0) is 0 Å². The Morgan fingerprint density at radius 3 is 1.63 bits per heavy atom. The zero-order valence-electron chi connectivity index (χ0n) is 25.1. The Bertz CT molecular complexity index is 2510. The maximum Gasteiger partial charge on any atom is 0.0640 e. The Balaban J connectivity index is 1.23. The van der Waals surface area contributed by atoms with Gasteiger partial charge >= 0.3 is 0 Å². The summed E-state index contributed by atoms with van der Waals surface area (Å²) in [6.07, 6.45) is 0. The zero-order valence-corrected chi connectivity index (χ0v) is 25.9. The van der Waals surface area contributed by atoms with Crippen molar-refractivity contribution in [2.75, 3.05) is 4.90 Å². The lowest BCUT2D eigenvalue weighted by Gasteiger charge is -2.28. The summed E-state index contributed by atoms with van der Waals surface area (Å²) in [5.41, 5.74) is 8.38. The van der Waals surface area contributed by atoms with E-state index in [0.717, 1.165) is 5.69 Å². The number of anilines is 3. The quantitative estimate of drug-likeness (QED) is 0.177. The number of thiophene rings is 1. The lowest BCUT2D eigenvalue weighted by atomic mass is 9.98. The molecule has 9 rings (SSSR count). The third-order valence-electron chi connectivity index (χ3n) is 9.06. The minimum Gasteiger partial charge on any atom is -0.308 e. The fraction of sp³-hybridized carbons (Fsp3) is 0. The van der Waals surface area contributed by atoms with Gasteiger partial charge in [0.1, 0.15) is 0 Å². The van der Waals surface area contributed by atoms with E-state index in [-0.39, 0.29) is 0 Å². The van der Waals surface area contributed by atoms with Gasteiger partial charge in [-0.05, 0) is 68.7 Å². The monoisotopic (exact) mass is 603 g/mol. The van der Waals surface area contributed by atoms with Crippen LogP contribution in [0.2, 0.25) is 0 Å². The molecule has 1 heterocycles. The second-order valence-corrected chi connectivity index (χ2v) is 12.8. The average molecular weight is 604 g/mol. The molecule has 0 saturated carbocycles. The summed E-state index contributed by atoms with van der Waals surface area (Å²) in [5.74, 6) is 0. The highest BCUT2D eigenvalue weighted by atomic mass is 32.1. The van der Waals surface area contributed by atoms with E-state index in [1.807, 2.05) is 11.3 Å². The van der Waals surface area contributed by atoms with Gasteiger partial charge in [0.15, 0.2) is 0 Å². The predicted octanol–water partition coefficient (Wildman–Crippen LogP) is 13.2. The molecule has 0 aliphatic rings. The molecule has 1 aromatic heterocycles. The van der Waals surface area contributed by atoms with Crippen molar-refractivity contribution in [2.45, 2.75) is 0 Å². The van der Waals surface area contributed by atoms with Gasteiger partial charge in [-0.2, -0.15) is 0 Å². The van der Waals surface area contributed by atoms with E-state index in [1.165, 1.54) is 75.3 Å². The van der Waals surface area contributed by atoms with E-state index < -0.39 is 0 Å². The maximum absolute atomic E-state index is 2.47. The molecule has 0 fully saturated rings. The molecule has 0 spiro atoms. The lowest BCUT2D eigenvalue weighted by molar-refractivity contribution is 1.32. The van der Waals surface area contributed by atoms with Gasteiger partial charge in [-0.25, -0.2) is 0 Å². The molecule has 0 bridgehead atoms. The summed E-state index contributed by atoms with van der Waals surface area (Å²) in [4.78, 5) is 2.47. The second-order valence-electron chi connectivity index (χ2n) is 11.7. The molecule has 1 nitrogen and oxygen atoms in total. The van der Waals surface area contributed by atoms with E-state index in [1.54, 1.807) is 0 Å². The van der Waals surface area contributed by atoms with E-state index in [2.05, 4.69) is 181 Å². The summed E-state index contributed by atoms with van der Waals surface area (Å²) in [7, 11) is 0. The van der Waals surface area contributed by atoms with E-state index in [9.17, 15) is 0 Å². The van der Waals surface area contributed by atoms with Crippen molar-refractivity contribution in [3.05, 3.63) is 176 Å². The zero-order chi connectivity index (χ0) is 30.5. The number of nitrogens with zero attached hydrogens (tertiary/aromatic N) is 1. The van der Waals surface area contributed by atoms with Gasteiger partial charge in [-0.1, -0.05) is 146 Å². The first-order valence-corrected chi connectivity index (χ1v) is 16.5. The van der Waals surface area contributed by atoms with Crippen LogP contribution < -0.4 is 4.90 Å². The molecule has 8 aromatic carbocycles. The van der Waals surface area contributed by atoms with Gasteiger partial charge in [-0.3, -0.25) is 0 Å². The Morgan fingerprint density at radius 2 is 0.891 bits per heavy atom. The van der Waals surface area contributed by atoms with Crippen LogP contribution in [0.3, 0.4) is 0 Å². The fourth-order valence-electron chi connectivity index (χ4n) is 6.82. The van der Waals surface area contributed by atoms with Crippen LogP contribution >= 0.6 is 11.3 Å². The highest BCUT2D eigenvalue weighted by Crippen LogP contribution is 2.47. The molecule has 0 unspecified atom stereocenters. The van der Waals surface area contributed by atoms with E-state index in [4.69, 9.17) is 0 Å². The van der Waals surface area contributed by atoms with Crippen LogP contribution in [0.25, 0.3) is 64.0 Å². The number of fused-ring (bicyclic) bond motifs is 6. The lowest BCUT2D eigenvalue weighted by Crippen LogP contribution is -2.10. The molecule has 46 heavy (non-hydrogen) atoms. The van der Waals surface area contributed by atoms with Gasteiger partial charge in [0.2, 0.25) is 0 Å². The third-order valence-corrected chi connectivity index (χ3v) is 10.3. The first kappa shape index (κ1) is 26.7. The van der Waals surface area contributed by atoms with Crippen LogP contribution in [0.15, 0.2) is 176 Å². The molecule has 0 aliphatic heterocycles. The van der Waals surface area contributed by atoms with Gasteiger partial charge in [0.25, 0.3) is 0 Å². The normalized spacial score (nSPS) is 11.5. The Labute approximate surface area is 272 Å². The van der Waals surface area contributed by atoms with Gasteiger partial charge in [0, 0.05) is 26.5 Å². The molecular formula is C44H29NS. The van der Waals surface area contributed by atoms with Gasteiger partial charge in [0.05, 0.1) is 16.1 Å². The SMILES string of the molecule is c1ccc(-c2ccc(-c3ccc(N(c4cc5ccccc5c5ccccc45)c4cccc5c4sc4ccccc45)cc3)cc2)cc1. The van der Waals surface area contributed by atoms with Gasteiger partial charge < -0.3 is 4.90 Å². The second kappa shape index (κ2) is 11.0. The minimum atomic E-state index is 1.13. The van der Waals surface area contributed by atoms with Crippen LogP contribution in [0.1, 0.15) is 0 Å². The van der Waals surface area contributed by atoms with Crippen molar-refractivity contribution in [3.63, 3.8) is 0 Å². The smallest absolute Gasteiger partial charge is 0.0640 e. The van der Waals surface area contributed by atoms with Gasteiger partial charge in [-0.15, -0.1) is 11.3 Å². The van der Waals surface area contributed by atoms with Crippen molar-refractivity contribution < 1.29 is 0 Å². The molecule has 0 amide bonds. The maximum atomic E-state index is 2.47. The first-order chi connectivity index (χ1) is 22.8. The Hall–Kier alpha value is -5.70. The summed E-state index contributed by atoms with van der Waals surface area (Å²) in [5, 5.41) is 7.61. The van der Waals surface area contributed by atoms with E-state index in [0.29, 0.717) is 0 Å². The highest BCUT2D eigenvalue weighted by Gasteiger charge is 2.21. The van der Waals surface area contributed by atoms with Crippen molar-refractivity contribution in [2.24, 2.45) is 0 Å². The minimum absolute atomic E-state index is 1.13. The molecule has 2 heteroatoms. The van der Waals surface area contributed by atoms with Crippen LogP contribution in [0, 0.1) is 0 Å². The van der Waals surface area contributed by atoms with Crippen molar-refractivity contribution in [3.8, 4) is 22.3 Å². The largest absolute Gasteiger partial charge is 0.308 e. The van der Waals surface area contributed by atoms with Crippen molar-refractivity contribution >= 4 is 70.1 Å². The summed E-state index contributed by atoms with van der Waals surface area (Å²) in [6, 6.07) is 63.9. The van der Waals surface area contributed by atoms with Crippen molar-refractivity contribution in [1.29, 1.82) is 0 Å². The fourth-order valence-corrected chi connectivity index (χ4v) is 8.03. The van der Waals surface area contributed by atoms with Crippen LogP contribution in [0.4, 0.5) is 17.1 Å².